The lowest BCUT2D eigenvalue weighted by Gasteiger charge is -2.26. The number of aliphatic imine (C=N–C) groups is 1. The van der Waals surface area contributed by atoms with Crippen LogP contribution in [0.2, 0.25) is 0 Å². The van der Waals surface area contributed by atoms with E-state index < -0.39 is 0 Å². The second-order valence-corrected chi connectivity index (χ2v) is 5.91. The second-order valence-electron chi connectivity index (χ2n) is 5.91. The van der Waals surface area contributed by atoms with Gasteiger partial charge in [0.15, 0.2) is 5.58 Å². The zero-order valence-corrected chi connectivity index (χ0v) is 13.5. The van der Waals surface area contributed by atoms with Crippen LogP contribution in [0, 0.1) is 6.92 Å². The summed E-state index contributed by atoms with van der Waals surface area (Å²) in [6, 6.07) is 16.7. The number of guanidine groups is 1. The van der Waals surface area contributed by atoms with Crippen molar-refractivity contribution >= 4 is 23.1 Å². The van der Waals surface area contributed by atoms with Crippen molar-refractivity contribution in [2.45, 2.75) is 13.5 Å². The molecule has 6 heteroatoms. The number of nitrogens with zero attached hydrogens (tertiary/aromatic N) is 3. The molecule has 4 rings (SSSR count). The van der Waals surface area contributed by atoms with Gasteiger partial charge in [0.1, 0.15) is 5.52 Å². The molecule has 2 N–H and O–H groups in total. The van der Waals surface area contributed by atoms with Gasteiger partial charge in [0, 0.05) is 6.54 Å². The summed E-state index contributed by atoms with van der Waals surface area (Å²) in [6.07, 6.45) is 0. The van der Waals surface area contributed by atoms with Crippen molar-refractivity contribution in [1.29, 1.82) is 0 Å². The molecule has 122 valence electrons. The van der Waals surface area contributed by atoms with Crippen molar-refractivity contribution in [3.05, 3.63) is 59.7 Å². The van der Waals surface area contributed by atoms with Crippen molar-refractivity contribution in [3.8, 4) is 0 Å². The Kier molecular flexibility index (Phi) is 3.88. The van der Waals surface area contributed by atoms with E-state index in [0.29, 0.717) is 18.6 Å². The molecule has 1 aromatic heterocycles. The molecule has 2 heterocycles. The Hall–Kier alpha value is -2.86. The van der Waals surface area contributed by atoms with Crippen LogP contribution in [0.4, 0.5) is 6.01 Å². The molecule has 6 nitrogen and oxygen atoms in total. The van der Waals surface area contributed by atoms with Gasteiger partial charge in [0.25, 0.3) is 0 Å². The lowest BCUT2D eigenvalue weighted by molar-refractivity contribution is 0.256. The predicted octanol–water partition coefficient (Wildman–Crippen LogP) is 2.92. The quantitative estimate of drug-likeness (QED) is 0.776. The fraction of sp³-hybridized carbons (Fsp3) is 0.222. The van der Waals surface area contributed by atoms with Gasteiger partial charge in [0.05, 0.1) is 13.3 Å². The number of nitrogens with one attached hydrogen (secondary N) is 2. The van der Waals surface area contributed by atoms with E-state index in [1.807, 2.05) is 24.3 Å². The smallest absolute Gasteiger partial charge is 0.302 e. The van der Waals surface area contributed by atoms with Crippen LogP contribution < -0.4 is 10.6 Å². The number of oxazole rings is 1. The minimum Gasteiger partial charge on any atom is -0.423 e. The van der Waals surface area contributed by atoms with Crippen molar-refractivity contribution in [3.63, 3.8) is 0 Å². The first-order chi connectivity index (χ1) is 11.8. The standard InChI is InChI=1S/C18H19N5O/c1-13-6-8-14(9-7-13)10-23-11-19-17(20-12-23)22-18-21-15-4-2-3-5-16(15)24-18/h2-9H,10-12H2,1H3,(H2,19,20,21,22). The number of hydrogen-bond acceptors (Lipinski definition) is 6. The number of benzene rings is 2. The highest BCUT2D eigenvalue weighted by molar-refractivity contribution is 5.93. The number of anilines is 1. The molecule has 1 aliphatic heterocycles. The molecular weight excluding hydrogens is 302 g/mol. The fourth-order valence-corrected chi connectivity index (χ4v) is 2.63. The number of para-hydroxylation sites is 2. The van der Waals surface area contributed by atoms with Gasteiger partial charge in [-0.15, -0.1) is 0 Å². The Bertz CT molecular complexity index is 836. The van der Waals surface area contributed by atoms with Crippen LogP contribution in [0.5, 0.6) is 0 Å². The number of hydrogen-bond donors (Lipinski definition) is 2. The van der Waals surface area contributed by atoms with Gasteiger partial charge in [-0.3, -0.25) is 10.2 Å². The van der Waals surface area contributed by atoms with Gasteiger partial charge in [0.2, 0.25) is 5.96 Å². The molecule has 0 saturated carbocycles. The van der Waals surface area contributed by atoms with Crippen LogP contribution in [-0.4, -0.2) is 29.2 Å². The summed E-state index contributed by atoms with van der Waals surface area (Å²) in [7, 11) is 0. The molecule has 0 amide bonds. The molecule has 0 atom stereocenters. The van der Waals surface area contributed by atoms with Gasteiger partial charge >= 0.3 is 6.01 Å². The maximum atomic E-state index is 5.65. The van der Waals surface area contributed by atoms with Crippen LogP contribution in [-0.2, 0) is 6.54 Å². The van der Waals surface area contributed by atoms with Gasteiger partial charge in [-0.05, 0) is 24.6 Å². The Morgan fingerprint density at radius 2 is 2.00 bits per heavy atom. The minimum atomic E-state index is 0.453. The molecule has 0 radical (unpaired) electrons. The predicted molar refractivity (Wildman–Crippen MR) is 94.7 cm³/mol. The average Bonchev–Trinajstić information content (AvgIpc) is 3.01. The normalized spacial score (nSPS) is 15.1. The summed E-state index contributed by atoms with van der Waals surface area (Å²) in [5, 5.41) is 6.36. The molecule has 1 aliphatic rings. The van der Waals surface area contributed by atoms with Gasteiger partial charge in [-0.1, -0.05) is 42.0 Å². The zero-order valence-electron chi connectivity index (χ0n) is 13.5. The lowest BCUT2D eigenvalue weighted by Crippen LogP contribution is -2.45. The summed E-state index contributed by atoms with van der Waals surface area (Å²) in [5.41, 5.74) is 4.15. The van der Waals surface area contributed by atoms with E-state index in [0.717, 1.165) is 24.3 Å². The highest BCUT2D eigenvalue weighted by Crippen LogP contribution is 2.18. The van der Waals surface area contributed by atoms with Crippen molar-refractivity contribution in [1.82, 2.24) is 15.2 Å². The molecule has 0 unspecified atom stereocenters. The molecule has 0 bridgehead atoms. The molecule has 0 spiro atoms. The monoisotopic (exact) mass is 321 g/mol. The Balaban J connectivity index is 1.38. The Morgan fingerprint density at radius 1 is 1.17 bits per heavy atom. The van der Waals surface area contributed by atoms with Gasteiger partial charge in [-0.25, -0.2) is 4.99 Å². The second kappa shape index (κ2) is 6.33. The van der Waals surface area contributed by atoms with Crippen molar-refractivity contribution < 1.29 is 4.42 Å². The first-order valence-corrected chi connectivity index (χ1v) is 7.95. The van der Waals surface area contributed by atoms with E-state index in [1.54, 1.807) is 0 Å². The molecule has 0 saturated heterocycles. The maximum absolute atomic E-state index is 5.65. The van der Waals surface area contributed by atoms with E-state index in [1.165, 1.54) is 11.1 Å². The topological polar surface area (TPSA) is 65.7 Å². The van der Waals surface area contributed by atoms with Crippen molar-refractivity contribution in [2.75, 3.05) is 18.7 Å². The molecule has 0 fully saturated rings. The van der Waals surface area contributed by atoms with Crippen LogP contribution >= 0.6 is 0 Å². The van der Waals surface area contributed by atoms with E-state index in [-0.39, 0.29) is 0 Å². The summed E-state index contributed by atoms with van der Waals surface area (Å²) in [4.78, 5) is 11.1. The van der Waals surface area contributed by atoms with E-state index >= 15 is 0 Å². The third-order valence-corrected chi connectivity index (χ3v) is 3.94. The summed E-state index contributed by atoms with van der Waals surface area (Å²) in [5.74, 6) is 0.682. The van der Waals surface area contributed by atoms with Crippen LogP contribution in [0.25, 0.3) is 11.1 Å². The number of fused-ring (bicyclic) bond motifs is 1. The SMILES string of the molecule is Cc1ccc(CN2CN=C(Nc3nc4ccccc4o3)NC2)cc1. The third kappa shape index (κ3) is 3.23. The van der Waals surface area contributed by atoms with Crippen LogP contribution in [0.3, 0.4) is 0 Å². The molecule has 24 heavy (non-hydrogen) atoms. The molecule has 0 aliphatic carbocycles. The highest BCUT2D eigenvalue weighted by Gasteiger charge is 2.14. The number of rotatable bonds is 3. The molecular formula is C18H19N5O. The van der Waals surface area contributed by atoms with E-state index in [4.69, 9.17) is 4.42 Å². The summed E-state index contributed by atoms with van der Waals surface area (Å²) in [6.45, 7) is 4.32. The van der Waals surface area contributed by atoms with E-state index in [2.05, 4.69) is 56.7 Å². The van der Waals surface area contributed by atoms with Gasteiger partial charge < -0.3 is 9.73 Å². The molecule has 3 aromatic rings. The Morgan fingerprint density at radius 3 is 2.75 bits per heavy atom. The highest BCUT2D eigenvalue weighted by atomic mass is 16.4. The first-order valence-electron chi connectivity index (χ1n) is 7.95. The number of aromatic nitrogens is 1. The summed E-state index contributed by atoms with van der Waals surface area (Å²) < 4.78 is 5.65. The maximum Gasteiger partial charge on any atom is 0.302 e. The number of aryl methyl sites for hydroxylation is 1. The van der Waals surface area contributed by atoms with Gasteiger partial charge in [-0.2, -0.15) is 4.98 Å². The fourth-order valence-electron chi connectivity index (χ4n) is 2.63. The van der Waals surface area contributed by atoms with Crippen molar-refractivity contribution in [2.24, 2.45) is 4.99 Å². The third-order valence-electron chi connectivity index (χ3n) is 3.94. The Labute approximate surface area is 140 Å². The lowest BCUT2D eigenvalue weighted by atomic mass is 10.1. The first kappa shape index (κ1) is 14.7. The average molecular weight is 321 g/mol. The zero-order chi connectivity index (χ0) is 16.4. The molecule has 2 aromatic carbocycles. The largest absolute Gasteiger partial charge is 0.423 e. The van der Waals surface area contributed by atoms with E-state index in [9.17, 15) is 0 Å². The minimum absolute atomic E-state index is 0.453. The van der Waals surface area contributed by atoms with Crippen LogP contribution in [0.15, 0.2) is 57.9 Å². The summed E-state index contributed by atoms with van der Waals surface area (Å²) >= 11 is 0. The van der Waals surface area contributed by atoms with Crippen LogP contribution in [0.1, 0.15) is 11.1 Å².